The molecular weight excluding hydrogens is 322 g/mol. The highest BCUT2D eigenvalue weighted by molar-refractivity contribution is 7.93. The fraction of sp³-hybridized carbons (Fsp3) is 0.474. The molecule has 0 radical (unpaired) electrons. The van der Waals surface area contributed by atoms with Gasteiger partial charge in [0.2, 0.25) is 0 Å². The molecule has 4 rings (SSSR count). The Balaban J connectivity index is 1.55. The molecule has 24 heavy (non-hydrogen) atoms. The number of methoxy groups -OCH3 is 1. The van der Waals surface area contributed by atoms with Gasteiger partial charge < -0.3 is 4.74 Å². The molecule has 1 spiro atoms. The third-order valence-electron chi connectivity index (χ3n) is 5.72. The van der Waals surface area contributed by atoms with Crippen LogP contribution in [0.25, 0.3) is 10.8 Å². The average Bonchev–Trinajstić information content (AvgIpc) is 2.80. The molecule has 0 aromatic heterocycles. The van der Waals surface area contributed by atoms with Crippen molar-refractivity contribution in [2.24, 2.45) is 5.92 Å². The third kappa shape index (κ3) is 2.38. The Morgan fingerprint density at radius 3 is 2.71 bits per heavy atom. The van der Waals surface area contributed by atoms with Crippen LogP contribution in [-0.2, 0) is 21.1 Å². The highest BCUT2D eigenvalue weighted by Gasteiger charge is 2.61. The second-order valence-corrected chi connectivity index (χ2v) is 9.56. The summed E-state index contributed by atoms with van der Waals surface area (Å²) >= 11 is 0. The van der Waals surface area contributed by atoms with E-state index in [-0.39, 0.29) is 5.92 Å². The Bertz CT molecular complexity index is 851. The molecule has 4 nitrogen and oxygen atoms in total. The second-order valence-electron chi connectivity index (χ2n) is 7.11. The molecular formula is C19H23NO3S. The lowest BCUT2D eigenvalue weighted by Crippen LogP contribution is -2.67. The van der Waals surface area contributed by atoms with Gasteiger partial charge in [-0.05, 0) is 22.8 Å². The first-order valence-corrected chi connectivity index (χ1v) is 10.1. The van der Waals surface area contributed by atoms with Crippen molar-refractivity contribution in [3.63, 3.8) is 0 Å². The van der Waals surface area contributed by atoms with Crippen LogP contribution in [0.15, 0.2) is 42.5 Å². The first-order chi connectivity index (χ1) is 11.6. The molecule has 1 atom stereocenters. The van der Waals surface area contributed by atoms with Crippen molar-refractivity contribution in [3.8, 4) is 0 Å². The largest absolute Gasteiger partial charge is 0.384 e. The van der Waals surface area contributed by atoms with E-state index in [1.807, 2.05) is 6.07 Å². The maximum atomic E-state index is 12.6. The van der Waals surface area contributed by atoms with Crippen LogP contribution >= 0.6 is 0 Å². The lowest BCUT2D eigenvalue weighted by atomic mass is 9.83. The van der Waals surface area contributed by atoms with E-state index in [1.54, 1.807) is 7.11 Å². The van der Waals surface area contributed by atoms with Gasteiger partial charge in [-0.1, -0.05) is 42.5 Å². The summed E-state index contributed by atoms with van der Waals surface area (Å²) in [5, 5.41) is 2.49. The van der Waals surface area contributed by atoms with Gasteiger partial charge in [-0.3, -0.25) is 4.90 Å². The van der Waals surface area contributed by atoms with Gasteiger partial charge in [-0.25, -0.2) is 8.42 Å². The molecule has 2 aromatic rings. The van der Waals surface area contributed by atoms with E-state index in [0.717, 1.165) is 13.0 Å². The zero-order chi connectivity index (χ0) is 16.8. The summed E-state index contributed by atoms with van der Waals surface area (Å²) in [4.78, 5) is 2.26. The molecule has 5 heteroatoms. The average molecular weight is 345 g/mol. The van der Waals surface area contributed by atoms with Gasteiger partial charge in [0.15, 0.2) is 9.84 Å². The van der Waals surface area contributed by atoms with Gasteiger partial charge in [0.1, 0.15) is 4.75 Å². The maximum absolute atomic E-state index is 12.6. The van der Waals surface area contributed by atoms with Crippen LogP contribution in [-0.4, -0.2) is 50.6 Å². The molecule has 128 valence electrons. The smallest absolute Gasteiger partial charge is 0.158 e. The van der Waals surface area contributed by atoms with E-state index in [1.165, 1.54) is 16.3 Å². The zero-order valence-electron chi connectivity index (χ0n) is 13.9. The Kier molecular flexibility index (Phi) is 3.90. The lowest BCUT2D eigenvalue weighted by Gasteiger charge is -2.50. The molecule has 0 saturated carbocycles. The summed E-state index contributed by atoms with van der Waals surface area (Å²) < 4.78 is 29.9. The number of fused-ring (bicyclic) bond motifs is 1. The molecule has 2 aliphatic heterocycles. The van der Waals surface area contributed by atoms with Gasteiger partial charge in [0, 0.05) is 32.7 Å². The van der Waals surface area contributed by atoms with Crippen molar-refractivity contribution in [2.75, 3.05) is 32.6 Å². The molecule has 0 aliphatic carbocycles. The lowest BCUT2D eigenvalue weighted by molar-refractivity contribution is 0.0414. The molecule has 2 heterocycles. The summed E-state index contributed by atoms with van der Waals surface area (Å²) in [5.41, 5.74) is 1.27. The van der Waals surface area contributed by atoms with E-state index in [4.69, 9.17) is 4.74 Å². The predicted octanol–water partition coefficient (Wildman–Crippen LogP) is 2.48. The van der Waals surface area contributed by atoms with Gasteiger partial charge >= 0.3 is 0 Å². The number of nitrogens with zero attached hydrogens (tertiary/aromatic N) is 1. The van der Waals surface area contributed by atoms with Crippen LogP contribution in [0.4, 0.5) is 0 Å². The minimum absolute atomic E-state index is 0.135. The normalized spacial score (nSPS) is 25.1. The molecule has 2 aliphatic rings. The van der Waals surface area contributed by atoms with Crippen molar-refractivity contribution in [3.05, 3.63) is 48.0 Å². The van der Waals surface area contributed by atoms with Crippen LogP contribution < -0.4 is 0 Å². The maximum Gasteiger partial charge on any atom is 0.158 e. The van der Waals surface area contributed by atoms with Crippen molar-refractivity contribution in [1.29, 1.82) is 0 Å². The number of rotatable bonds is 4. The number of sulfone groups is 1. The molecule has 0 amide bonds. The molecule has 0 N–H and O–H groups in total. The molecule has 2 saturated heterocycles. The summed E-state index contributed by atoms with van der Waals surface area (Å²) in [6.45, 7) is 2.61. The molecule has 2 fully saturated rings. The highest BCUT2D eigenvalue weighted by Crippen LogP contribution is 2.45. The van der Waals surface area contributed by atoms with E-state index < -0.39 is 14.6 Å². The molecule has 0 bridgehead atoms. The van der Waals surface area contributed by atoms with Crippen LogP contribution in [0.3, 0.4) is 0 Å². The number of ether oxygens (including phenoxy) is 1. The highest BCUT2D eigenvalue weighted by atomic mass is 32.2. The Labute approximate surface area is 143 Å². The van der Waals surface area contributed by atoms with Crippen molar-refractivity contribution in [2.45, 2.75) is 17.7 Å². The minimum Gasteiger partial charge on any atom is -0.384 e. The van der Waals surface area contributed by atoms with Gasteiger partial charge in [0.05, 0.1) is 12.4 Å². The second kappa shape index (κ2) is 5.83. The number of likely N-dealkylation sites (tertiary alicyclic amines) is 1. The monoisotopic (exact) mass is 345 g/mol. The summed E-state index contributed by atoms with van der Waals surface area (Å²) in [5.74, 6) is 0.444. The Hall–Kier alpha value is -1.43. The SMILES string of the molecule is COCC1CCS(=O)(=O)C12CN(Cc1cccc3ccccc13)C2. The van der Waals surface area contributed by atoms with E-state index in [0.29, 0.717) is 25.4 Å². The molecule has 2 aromatic carbocycles. The summed E-state index contributed by atoms with van der Waals surface area (Å²) in [7, 11) is -1.35. The number of benzene rings is 2. The topological polar surface area (TPSA) is 46.6 Å². The zero-order valence-corrected chi connectivity index (χ0v) is 14.8. The van der Waals surface area contributed by atoms with Crippen LogP contribution in [0, 0.1) is 5.92 Å². The van der Waals surface area contributed by atoms with Crippen molar-refractivity contribution < 1.29 is 13.2 Å². The quantitative estimate of drug-likeness (QED) is 0.854. The van der Waals surface area contributed by atoms with E-state index >= 15 is 0 Å². The summed E-state index contributed by atoms with van der Waals surface area (Å²) in [6, 6.07) is 14.7. The van der Waals surface area contributed by atoms with Crippen molar-refractivity contribution in [1.82, 2.24) is 4.90 Å². The Morgan fingerprint density at radius 2 is 1.92 bits per heavy atom. The fourth-order valence-electron chi connectivity index (χ4n) is 4.40. The van der Waals surface area contributed by atoms with Crippen LogP contribution in [0.2, 0.25) is 0 Å². The molecule has 1 unspecified atom stereocenters. The summed E-state index contributed by atoms with van der Waals surface area (Å²) in [6.07, 6.45) is 0.734. The predicted molar refractivity (Wildman–Crippen MR) is 95.7 cm³/mol. The number of hydrogen-bond donors (Lipinski definition) is 0. The van der Waals surface area contributed by atoms with Gasteiger partial charge in [0.25, 0.3) is 0 Å². The standard InChI is InChI=1S/C19H23NO3S/c1-23-12-17-9-10-24(21,22)19(17)13-20(14-19)11-16-7-4-6-15-5-2-3-8-18(15)16/h2-8,17H,9-14H2,1H3. The van der Waals surface area contributed by atoms with Crippen LogP contribution in [0.5, 0.6) is 0 Å². The van der Waals surface area contributed by atoms with Crippen LogP contribution in [0.1, 0.15) is 12.0 Å². The van der Waals surface area contributed by atoms with E-state index in [2.05, 4.69) is 41.3 Å². The fourth-order valence-corrected chi connectivity index (χ4v) is 6.86. The third-order valence-corrected chi connectivity index (χ3v) is 8.33. The van der Waals surface area contributed by atoms with E-state index in [9.17, 15) is 8.42 Å². The van der Waals surface area contributed by atoms with Gasteiger partial charge in [-0.2, -0.15) is 0 Å². The van der Waals surface area contributed by atoms with Gasteiger partial charge in [-0.15, -0.1) is 0 Å². The Morgan fingerprint density at radius 1 is 1.17 bits per heavy atom. The van der Waals surface area contributed by atoms with Crippen molar-refractivity contribution >= 4 is 20.6 Å². The first kappa shape index (κ1) is 16.1. The number of hydrogen-bond acceptors (Lipinski definition) is 4. The first-order valence-electron chi connectivity index (χ1n) is 8.46. The minimum atomic E-state index is -3.01.